The Morgan fingerprint density at radius 1 is 1.55 bits per heavy atom. The molecule has 20 heavy (non-hydrogen) atoms. The first-order valence-corrected chi connectivity index (χ1v) is 7.05. The van der Waals surface area contributed by atoms with Gasteiger partial charge in [0.05, 0.1) is 21.7 Å². The van der Waals surface area contributed by atoms with Crippen LogP contribution in [0.1, 0.15) is 38.2 Å². The van der Waals surface area contributed by atoms with E-state index in [1.807, 2.05) is 0 Å². The van der Waals surface area contributed by atoms with Crippen LogP contribution in [0.5, 0.6) is 0 Å². The molecule has 0 aromatic heterocycles. The number of nitriles is 1. The zero-order chi connectivity index (χ0) is 14.8. The van der Waals surface area contributed by atoms with Crippen LogP contribution in [0.4, 0.5) is 5.69 Å². The number of carboxylic acids is 1. The minimum Gasteiger partial charge on any atom is -0.481 e. The van der Waals surface area contributed by atoms with Gasteiger partial charge in [-0.15, -0.1) is 0 Å². The van der Waals surface area contributed by atoms with Crippen molar-refractivity contribution in [2.24, 2.45) is 5.41 Å². The summed E-state index contributed by atoms with van der Waals surface area (Å²) in [6, 6.07) is 7.05. The molecule has 1 aliphatic carbocycles. The third kappa shape index (κ3) is 2.59. The molecule has 0 bridgehead atoms. The van der Waals surface area contributed by atoms with Crippen LogP contribution >= 0.6 is 11.6 Å². The zero-order valence-electron chi connectivity index (χ0n) is 11.3. The van der Waals surface area contributed by atoms with Crippen molar-refractivity contribution in [3.63, 3.8) is 0 Å². The molecule has 0 spiro atoms. The van der Waals surface area contributed by atoms with Crippen LogP contribution in [0.25, 0.3) is 0 Å². The number of rotatable bonds is 3. The number of anilines is 1. The zero-order valence-corrected chi connectivity index (χ0v) is 12.1. The molecular weight excluding hydrogens is 276 g/mol. The first kappa shape index (κ1) is 14.7. The Kier molecular flexibility index (Phi) is 4.20. The van der Waals surface area contributed by atoms with Crippen LogP contribution in [0.2, 0.25) is 5.02 Å². The Labute approximate surface area is 123 Å². The van der Waals surface area contributed by atoms with Crippen molar-refractivity contribution in [3.05, 3.63) is 28.8 Å². The summed E-state index contributed by atoms with van der Waals surface area (Å²) in [5, 5.41) is 22.3. The number of nitrogens with one attached hydrogen (secondary N) is 1. The van der Waals surface area contributed by atoms with Crippen molar-refractivity contribution in [1.82, 2.24) is 0 Å². The molecule has 0 saturated heterocycles. The maximum atomic E-state index is 11.6. The molecule has 4 nitrogen and oxygen atoms in total. The smallest absolute Gasteiger partial charge is 0.311 e. The average molecular weight is 293 g/mol. The van der Waals surface area contributed by atoms with E-state index in [9.17, 15) is 15.2 Å². The summed E-state index contributed by atoms with van der Waals surface area (Å²) in [6.07, 6.45) is 3.33. The summed E-state index contributed by atoms with van der Waals surface area (Å²) in [6.45, 7) is 1.77. The second-order valence-electron chi connectivity index (χ2n) is 5.44. The maximum absolute atomic E-state index is 11.6. The Hall–Kier alpha value is -1.73. The van der Waals surface area contributed by atoms with Gasteiger partial charge in [-0.05, 0) is 31.9 Å². The van der Waals surface area contributed by atoms with Crippen molar-refractivity contribution in [2.75, 3.05) is 5.32 Å². The first-order valence-electron chi connectivity index (χ1n) is 6.67. The monoisotopic (exact) mass is 292 g/mol. The van der Waals surface area contributed by atoms with E-state index in [0.717, 1.165) is 19.3 Å². The minimum atomic E-state index is -0.812. The number of benzene rings is 1. The predicted octanol–water partition coefficient (Wildman–Crippen LogP) is 3.66. The molecule has 5 heteroatoms. The van der Waals surface area contributed by atoms with Crippen molar-refractivity contribution in [2.45, 2.75) is 38.6 Å². The molecular formula is C15H17ClN2O2. The second-order valence-corrected chi connectivity index (χ2v) is 5.85. The average Bonchev–Trinajstić information content (AvgIpc) is 2.41. The molecule has 106 valence electrons. The van der Waals surface area contributed by atoms with Gasteiger partial charge in [0.25, 0.3) is 0 Å². The van der Waals surface area contributed by atoms with Crippen molar-refractivity contribution >= 4 is 23.3 Å². The van der Waals surface area contributed by atoms with E-state index >= 15 is 0 Å². The van der Waals surface area contributed by atoms with Gasteiger partial charge < -0.3 is 10.4 Å². The molecule has 2 unspecified atom stereocenters. The van der Waals surface area contributed by atoms with Gasteiger partial charge in [0, 0.05) is 6.04 Å². The fraction of sp³-hybridized carbons (Fsp3) is 0.467. The molecule has 2 rings (SSSR count). The molecule has 2 atom stereocenters. The molecule has 2 N–H and O–H groups in total. The number of hydrogen-bond acceptors (Lipinski definition) is 3. The summed E-state index contributed by atoms with van der Waals surface area (Å²) < 4.78 is 0. The lowest BCUT2D eigenvalue weighted by atomic mass is 9.71. The molecule has 1 aliphatic rings. The van der Waals surface area contributed by atoms with Gasteiger partial charge in [0.15, 0.2) is 0 Å². The minimum absolute atomic E-state index is 0.195. The van der Waals surface area contributed by atoms with Crippen LogP contribution in [0, 0.1) is 16.7 Å². The Balaban J connectivity index is 2.31. The molecule has 1 aromatic rings. The van der Waals surface area contributed by atoms with Crippen molar-refractivity contribution < 1.29 is 9.90 Å². The standard InChI is InChI=1S/C15H17ClN2O2/c1-15(14(19)20)8-3-2-7-13(15)18-12-6-4-5-11(16)10(12)9-17/h4-6,13,18H,2-3,7-8H2,1H3,(H,19,20). The SMILES string of the molecule is CC1(C(=O)O)CCCCC1Nc1cccc(Cl)c1C#N. The topological polar surface area (TPSA) is 73.1 Å². The van der Waals surface area contributed by atoms with Gasteiger partial charge in [-0.1, -0.05) is 30.5 Å². The number of carboxylic acid groups (broad SMARTS) is 1. The lowest BCUT2D eigenvalue weighted by molar-refractivity contribution is -0.150. The highest BCUT2D eigenvalue weighted by Gasteiger charge is 2.43. The molecule has 0 radical (unpaired) electrons. The van der Waals surface area contributed by atoms with Gasteiger partial charge in [-0.3, -0.25) is 4.79 Å². The first-order chi connectivity index (χ1) is 9.49. The third-order valence-electron chi connectivity index (χ3n) is 4.15. The van der Waals surface area contributed by atoms with E-state index < -0.39 is 11.4 Å². The van der Waals surface area contributed by atoms with E-state index in [1.165, 1.54) is 0 Å². The van der Waals surface area contributed by atoms with Crippen LogP contribution in [-0.4, -0.2) is 17.1 Å². The van der Waals surface area contributed by atoms with Crippen LogP contribution in [0.3, 0.4) is 0 Å². The number of nitrogens with zero attached hydrogens (tertiary/aromatic N) is 1. The van der Waals surface area contributed by atoms with Gasteiger partial charge in [-0.2, -0.15) is 5.26 Å². The quantitative estimate of drug-likeness (QED) is 0.892. The normalized spacial score (nSPS) is 25.8. The Morgan fingerprint density at radius 2 is 2.30 bits per heavy atom. The van der Waals surface area contributed by atoms with Crippen LogP contribution in [0.15, 0.2) is 18.2 Å². The second kappa shape index (κ2) is 5.72. The highest BCUT2D eigenvalue weighted by molar-refractivity contribution is 6.32. The fourth-order valence-electron chi connectivity index (χ4n) is 2.77. The summed E-state index contributed by atoms with van der Waals surface area (Å²) in [5.74, 6) is -0.796. The number of halogens is 1. The number of aliphatic carboxylic acids is 1. The van der Waals surface area contributed by atoms with Crippen LogP contribution < -0.4 is 5.32 Å². The van der Waals surface area contributed by atoms with Crippen LogP contribution in [-0.2, 0) is 4.79 Å². The molecule has 1 fully saturated rings. The molecule has 0 amide bonds. The summed E-state index contributed by atoms with van der Waals surface area (Å²) in [7, 11) is 0. The van der Waals surface area contributed by atoms with E-state index in [4.69, 9.17) is 11.6 Å². The predicted molar refractivity (Wildman–Crippen MR) is 77.8 cm³/mol. The van der Waals surface area contributed by atoms with Crippen molar-refractivity contribution in [3.8, 4) is 6.07 Å². The van der Waals surface area contributed by atoms with Gasteiger partial charge in [-0.25, -0.2) is 0 Å². The number of carbonyl (C=O) groups is 1. The van der Waals surface area contributed by atoms with E-state index in [-0.39, 0.29) is 6.04 Å². The third-order valence-corrected chi connectivity index (χ3v) is 4.47. The Morgan fingerprint density at radius 3 is 2.95 bits per heavy atom. The largest absolute Gasteiger partial charge is 0.481 e. The fourth-order valence-corrected chi connectivity index (χ4v) is 2.98. The van der Waals surface area contributed by atoms with Gasteiger partial charge >= 0.3 is 5.97 Å². The highest BCUT2D eigenvalue weighted by Crippen LogP contribution is 2.39. The molecule has 0 aliphatic heterocycles. The summed E-state index contributed by atoms with van der Waals surface area (Å²) >= 11 is 6.00. The lowest BCUT2D eigenvalue weighted by Gasteiger charge is -2.39. The van der Waals surface area contributed by atoms with Gasteiger partial charge in [0.1, 0.15) is 6.07 Å². The van der Waals surface area contributed by atoms with E-state index in [0.29, 0.717) is 22.7 Å². The number of hydrogen-bond donors (Lipinski definition) is 2. The van der Waals surface area contributed by atoms with Gasteiger partial charge in [0.2, 0.25) is 0 Å². The maximum Gasteiger partial charge on any atom is 0.311 e. The summed E-state index contributed by atoms with van der Waals surface area (Å²) in [4.78, 5) is 11.6. The van der Waals surface area contributed by atoms with E-state index in [1.54, 1.807) is 25.1 Å². The highest BCUT2D eigenvalue weighted by atomic mass is 35.5. The Bertz CT molecular complexity index is 567. The van der Waals surface area contributed by atoms with E-state index in [2.05, 4.69) is 11.4 Å². The summed E-state index contributed by atoms with van der Waals surface area (Å²) in [5.41, 5.74) is 0.166. The molecule has 0 heterocycles. The molecule has 1 saturated carbocycles. The lowest BCUT2D eigenvalue weighted by Crippen LogP contribution is -2.46. The van der Waals surface area contributed by atoms with Crippen molar-refractivity contribution in [1.29, 1.82) is 5.26 Å². The molecule has 1 aromatic carbocycles.